The first-order valence-corrected chi connectivity index (χ1v) is 8.37. The summed E-state index contributed by atoms with van der Waals surface area (Å²) in [6.07, 6.45) is 3.38. The van der Waals surface area contributed by atoms with E-state index in [1.165, 1.54) is 24.3 Å². The van der Waals surface area contributed by atoms with E-state index in [-0.39, 0.29) is 5.91 Å². The molecule has 1 aliphatic heterocycles. The van der Waals surface area contributed by atoms with E-state index >= 15 is 0 Å². The van der Waals surface area contributed by atoms with Crippen molar-refractivity contribution >= 4 is 17.2 Å². The number of carbonyl (C=O) groups excluding carboxylic acids is 1. The number of thiazole rings is 1. The molecule has 0 bridgehead atoms. The predicted molar refractivity (Wildman–Crippen MR) is 83.2 cm³/mol. The molecule has 2 rings (SSSR count). The van der Waals surface area contributed by atoms with Crippen LogP contribution in [0.1, 0.15) is 48.5 Å². The zero-order chi connectivity index (χ0) is 14.5. The molecule has 0 aliphatic carbocycles. The quantitative estimate of drug-likeness (QED) is 0.908. The Kier molecular flexibility index (Phi) is 5.54. The van der Waals surface area contributed by atoms with Gasteiger partial charge in [-0.25, -0.2) is 4.98 Å². The fourth-order valence-corrected chi connectivity index (χ4v) is 3.22. The first-order valence-electron chi connectivity index (χ1n) is 7.49. The van der Waals surface area contributed by atoms with Gasteiger partial charge in [0.2, 0.25) is 0 Å². The van der Waals surface area contributed by atoms with Crippen LogP contribution in [0.15, 0.2) is 5.51 Å². The molecule has 20 heavy (non-hydrogen) atoms. The summed E-state index contributed by atoms with van der Waals surface area (Å²) in [6.45, 7) is 9.81. The highest BCUT2D eigenvalue weighted by Gasteiger charge is 2.22. The van der Waals surface area contributed by atoms with Crippen LogP contribution in [0.5, 0.6) is 0 Å². The molecule has 0 atom stereocenters. The summed E-state index contributed by atoms with van der Waals surface area (Å²) in [5.74, 6) is 0.812. The van der Waals surface area contributed by atoms with Gasteiger partial charge in [-0.15, -0.1) is 11.3 Å². The molecule has 0 unspecified atom stereocenters. The lowest BCUT2D eigenvalue weighted by Gasteiger charge is -2.32. The summed E-state index contributed by atoms with van der Waals surface area (Å²) in [4.78, 5) is 19.5. The average molecular weight is 295 g/mol. The molecular weight excluding hydrogens is 270 g/mol. The number of piperidine rings is 1. The van der Waals surface area contributed by atoms with E-state index in [4.69, 9.17) is 0 Å². The lowest BCUT2D eigenvalue weighted by Crippen LogP contribution is -2.44. The smallest absolute Gasteiger partial charge is 0.263 e. The standard InChI is InChI=1S/C15H25N3OS/c1-11(2)4-7-18-8-5-13(6-9-18)17-15(19)14-12(3)16-10-20-14/h10-11,13H,4-9H2,1-3H3,(H,17,19). The predicted octanol–water partition coefficient (Wildman–Crippen LogP) is 2.69. The summed E-state index contributed by atoms with van der Waals surface area (Å²) in [5, 5.41) is 3.15. The summed E-state index contributed by atoms with van der Waals surface area (Å²) in [5.41, 5.74) is 2.57. The number of carbonyl (C=O) groups is 1. The highest BCUT2D eigenvalue weighted by molar-refractivity contribution is 7.11. The normalized spacial score (nSPS) is 17.6. The summed E-state index contributed by atoms with van der Waals surface area (Å²) in [6, 6.07) is 0.319. The van der Waals surface area contributed by atoms with E-state index in [0.29, 0.717) is 6.04 Å². The van der Waals surface area contributed by atoms with Crippen molar-refractivity contribution in [2.45, 2.75) is 46.1 Å². The third-order valence-corrected chi connectivity index (χ3v) is 4.82. The van der Waals surface area contributed by atoms with Crippen molar-refractivity contribution in [1.29, 1.82) is 0 Å². The number of nitrogens with zero attached hydrogens (tertiary/aromatic N) is 2. The molecule has 5 heteroatoms. The molecule has 112 valence electrons. The van der Waals surface area contributed by atoms with Crippen LogP contribution in [0.2, 0.25) is 0 Å². The lowest BCUT2D eigenvalue weighted by atomic mass is 10.0. The van der Waals surface area contributed by atoms with Gasteiger partial charge >= 0.3 is 0 Å². The second kappa shape index (κ2) is 7.18. The molecule has 1 N–H and O–H groups in total. The van der Waals surface area contributed by atoms with Gasteiger partial charge in [-0.2, -0.15) is 0 Å². The first kappa shape index (κ1) is 15.4. The van der Waals surface area contributed by atoms with Crippen molar-refractivity contribution in [3.63, 3.8) is 0 Å². The van der Waals surface area contributed by atoms with Crippen LogP contribution in [0.25, 0.3) is 0 Å². The Morgan fingerprint density at radius 3 is 2.75 bits per heavy atom. The summed E-state index contributed by atoms with van der Waals surface area (Å²) < 4.78 is 0. The van der Waals surface area contributed by atoms with Crippen molar-refractivity contribution in [2.75, 3.05) is 19.6 Å². The van der Waals surface area contributed by atoms with Crippen molar-refractivity contribution in [3.8, 4) is 0 Å². The second-order valence-electron chi connectivity index (χ2n) is 6.04. The van der Waals surface area contributed by atoms with E-state index in [1.54, 1.807) is 5.51 Å². The molecule has 1 amide bonds. The fourth-order valence-electron chi connectivity index (χ4n) is 2.51. The van der Waals surface area contributed by atoms with Gasteiger partial charge in [0.05, 0.1) is 11.2 Å². The van der Waals surface area contributed by atoms with Gasteiger partial charge in [0.15, 0.2) is 0 Å². The molecule has 1 fully saturated rings. The fraction of sp³-hybridized carbons (Fsp3) is 0.733. The Morgan fingerprint density at radius 2 is 2.20 bits per heavy atom. The average Bonchev–Trinajstić information content (AvgIpc) is 2.84. The Hall–Kier alpha value is -0.940. The molecule has 1 aromatic heterocycles. The van der Waals surface area contributed by atoms with Gasteiger partial charge < -0.3 is 10.2 Å². The van der Waals surface area contributed by atoms with Crippen LogP contribution in [-0.4, -0.2) is 41.5 Å². The molecule has 0 spiro atoms. The zero-order valence-electron chi connectivity index (χ0n) is 12.7. The number of aryl methyl sites for hydroxylation is 1. The maximum Gasteiger partial charge on any atom is 0.263 e. The summed E-state index contributed by atoms with van der Waals surface area (Å²) in [7, 11) is 0. The molecule has 4 nitrogen and oxygen atoms in total. The van der Waals surface area contributed by atoms with Gasteiger partial charge in [0.25, 0.3) is 5.91 Å². The number of amides is 1. The van der Waals surface area contributed by atoms with Crippen LogP contribution in [0.3, 0.4) is 0 Å². The van der Waals surface area contributed by atoms with Crippen molar-refractivity contribution in [2.24, 2.45) is 5.92 Å². The lowest BCUT2D eigenvalue weighted by molar-refractivity contribution is 0.0913. The van der Waals surface area contributed by atoms with Crippen molar-refractivity contribution < 1.29 is 4.79 Å². The van der Waals surface area contributed by atoms with E-state index in [2.05, 4.69) is 29.0 Å². The number of rotatable bonds is 5. The van der Waals surface area contributed by atoms with Gasteiger partial charge in [0.1, 0.15) is 4.88 Å². The third-order valence-electron chi connectivity index (χ3n) is 3.90. The second-order valence-corrected chi connectivity index (χ2v) is 6.89. The largest absolute Gasteiger partial charge is 0.348 e. The highest BCUT2D eigenvalue weighted by atomic mass is 32.1. The molecule has 1 saturated heterocycles. The maximum atomic E-state index is 12.1. The summed E-state index contributed by atoms with van der Waals surface area (Å²) >= 11 is 1.42. The Labute approximate surface area is 125 Å². The molecule has 1 aliphatic rings. The van der Waals surface area contributed by atoms with E-state index < -0.39 is 0 Å². The Bertz CT molecular complexity index is 436. The van der Waals surface area contributed by atoms with Gasteiger partial charge in [-0.3, -0.25) is 4.79 Å². The van der Waals surface area contributed by atoms with Crippen LogP contribution >= 0.6 is 11.3 Å². The SMILES string of the molecule is Cc1ncsc1C(=O)NC1CCN(CCC(C)C)CC1. The minimum absolute atomic E-state index is 0.0469. The van der Waals surface area contributed by atoms with Gasteiger partial charge in [-0.1, -0.05) is 13.8 Å². The van der Waals surface area contributed by atoms with Crippen LogP contribution < -0.4 is 5.32 Å². The number of likely N-dealkylation sites (tertiary alicyclic amines) is 1. The molecule has 0 aromatic carbocycles. The van der Waals surface area contributed by atoms with Crippen LogP contribution in [-0.2, 0) is 0 Å². The van der Waals surface area contributed by atoms with E-state index in [9.17, 15) is 4.79 Å². The third kappa shape index (κ3) is 4.28. The van der Waals surface area contributed by atoms with Crippen LogP contribution in [0.4, 0.5) is 0 Å². The monoisotopic (exact) mass is 295 g/mol. The van der Waals surface area contributed by atoms with Gasteiger partial charge in [-0.05, 0) is 38.6 Å². The van der Waals surface area contributed by atoms with Crippen LogP contribution in [0, 0.1) is 12.8 Å². The zero-order valence-corrected chi connectivity index (χ0v) is 13.5. The highest BCUT2D eigenvalue weighted by Crippen LogP contribution is 2.15. The number of hydrogen-bond donors (Lipinski definition) is 1. The molecule has 0 radical (unpaired) electrons. The molecule has 0 saturated carbocycles. The van der Waals surface area contributed by atoms with Crippen molar-refractivity contribution in [3.05, 3.63) is 16.1 Å². The van der Waals surface area contributed by atoms with E-state index in [0.717, 1.165) is 42.4 Å². The molecule has 2 heterocycles. The Balaban J connectivity index is 1.74. The topological polar surface area (TPSA) is 45.2 Å². The minimum Gasteiger partial charge on any atom is -0.348 e. The minimum atomic E-state index is 0.0469. The van der Waals surface area contributed by atoms with Gasteiger partial charge in [0, 0.05) is 19.1 Å². The number of nitrogens with one attached hydrogen (secondary N) is 1. The Morgan fingerprint density at radius 1 is 1.50 bits per heavy atom. The maximum absolute atomic E-state index is 12.1. The van der Waals surface area contributed by atoms with E-state index in [1.807, 2.05) is 6.92 Å². The first-order chi connectivity index (χ1) is 9.56. The molecular formula is C15H25N3OS. The number of hydrogen-bond acceptors (Lipinski definition) is 4. The van der Waals surface area contributed by atoms with Crippen molar-refractivity contribution in [1.82, 2.24) is 15.2 Å². The number of aromatic nitrogens is 1. The molecule has 1 aromatic rings.